The van der Waals surface area contributed by atoms with Crippen LogP contribution in [0.25, 0.3) is 0 Å². The zero-order valence-corrected chi connectivity index (χ0v) is 11.8. The first-order chi connectivity index (χ1) is 7.91. The Kier molecular flexibility index (Phi) is 6.16. The van der Waals surface area contributed by atoms with Crippen LogP contribution in [0.3, 0.4) is 0 Å². The molecule has 0 spiro atoms. The van der Waals surface area contributed by atoms with Crippen LogP contribution in [0.4, 0.5) is 13.2 Å². The van der Waals surface area contributed by atoms with Gasteiger partial charge in [-0.3, -0.25) is 0 Å². The van der Waals surface area contributed by atoms with Crippen molar-refractivity contribution in [2.45, 2.75) is 44.7 Å². The standard InChI is InChI=1S/C8H9F3N2.C4H10S/c1-5(12)6-3-2-4-7(13-6)8(9,10)11;1-4(2,3)5/h2-5H,12H2,1H3;5H,1-3H3. The largest absolute Gasteiger partial charge is 0.433 e. The Morgan fingerprint density at radius 1 is 1.22 bits per heavy atom. The van der Waals surface area contributed by atoms with Crippen molar-refractivity contribution in [2.75, 3.05) is 0 Å². The van der Waals surface area contributed by atoms with E-state index < -0.39 is 17.9 Å². The Labute approximate surface area is 111 Å². The average molecular weight is 280 g/mol. The van der Waals surface area contributed by atoms with Crippen LogP contribution in [0.15, 0.2) is 18.2 Å². The minimum Gasteiger partial charge on any atom is -0.323 e. The van der Waals surface area contributed by atoms with Gasteiger partial charge in [0, 0.05) is 10.8 Å². The Hall–Kier alpha value is -0.750. The van der Waals surface area contributed by atoms with Crippen molar-refractivity contribution >= 4 is 12.6 Å². The number of thiol groups is 1. The van der Waals surface area contributed by atoms with Gasteiger partial charge in [0.2, 0.25) is 0 Å². The normalized spacial score (nSPS) is 13.6. The third kappa shape index (κ3) is 8.36. The third-order valence-corrected chi connectivity index (χ3v) is 1.53. The van der Waals surface area contributed by atoms with Crippen molar-refractivity contribution in [1.29, 1.82) is 0 Å². The Balaban J connectivity index is 0.000000494. The average Bonchev–Trinajstić information content (AvgIpc) is 2.14. The highest BCUT2D eigenvalue weighted by molar-refractivity contribution is 7.81. The van der Waals surface area contributed by atoms with Crippen molar-refractivity contribution in [3.63, 3.8) is 0 Å². The summed E-state index contributed by atoms with van der Waals surface area (Å²) >= 11 is 4.12. The molecule has 0 radical (unpaired) electrons. The molecule has 0 saturated carbocycles. The smallest absolute Gasteiger partial charge is 0.323 e. The maximum Gasteiger partial charge on any atom is 0.433 e. The van der Waals surface area contributed by atoms with Gasteiger partial charge in [-0.15, -0.1) is 0 Å². The Bertz CT molecular complexity index is 364. The van der Waals surface area contributed by atoms with E-state index >= 15 is 0 Å². The van der Waals surface area contributed by atoms with E-state index in [2.05, 4.69) is 38.4 Å². The minimum absolute atomic E-state index is 0.194. The van der Waals surface area contributed by atoms with Gasteiger partial charge in [-0.25, -0.2) is 4.98 Å². The molecule has 1 heterocycles. The predicted octanol–water partition coefficient (Wildman–Crippen LogP) is 3.83. The van der Waals surface area contributed by atoms with Gasteiger partial charge in [-0.05, 0) is 19.1 Å². The molecular weight excluding hydrogens is 261 g/mol. The molecular formula is C12H19F3N2S. The zero-order chi connectivity index (χ0) is 14.6. The summed E-state index contributed by atoms with van der Waals surface area (Å²) in [6.07, 6.45) is -4.40. The maximum atomic E-state index is 12.1. The van der Waals surface area contributed by atoms with Gasteiger partial charge in [-0.1, -0.05) is 26.8 Å². The number of aromatic nitrogens is 1. The lowest BCUT2D eigenvalue weighted by atomic mass is 10.2. The molecule has 0 aromatic carbocycles. The number of hydrogen-bond donors (Lipinski definition) is 2. The van der Waals surface area contributed by atoms with Crippen LogP contribution in [-0.2, 0) is 6.18 Å². The first-order valence-electron chi connectivity index (χ1n) is 5.43. The van der Waals surface area contributed by atoms with Crippen molar-refractivity contribution in [2.24, 2.45) is 5.73 Å². The summed E-state index contributed by atoms with van der Waals surface area (Å²) in [6.45, 7) is 7.74. The summed E-state index contributed by atoms with van der Waals surface area (Å²) < 4.78 is 36.6. The van der Waals surface area contributed by atoms with Gasteiger partial charge in [0.25, 0.3) is 0 Å². The van der Waals surface area contributed by atoms with E-state index in [-0.39, 0.29) is 10.4 Å². The molecule has 1 aromatic rings. The van der Waals surface area contributed by atoms with E-state index in [4.69, 9.17) is 5.73 Å². The fourth-order valence-electron chi connectivity index (χ4n) is 0.863. The molecule has 1 rings (SSSR count). The zero-order valence-electron chi connectivity index (χ0n) is 10.9. The minimum atomic E-state index is -4.40. The SMILES string of the molecule is CC(C)(C)S.CC(N)c1cccc(C(F)(F)F)n1. The third-order valence-electron chi connectivity index (χ3n) is 1.53. The van der Waals surface area contributed by atoms with Crippen LogP contribution in [0, 0.1) is 0 Å². The Morgan fingerprint density at radius 2 is 1.67 bits per heavy atom. The van der Waals surface area contributed by atoms with Crippen LogP contribution in [-0.4, -0.2) is 9.73 Å². The fraction of sp³-hybridized carbons (Fsp3) is 0.583. The molecule has 2 N–H and O–H groups in total. The van der Waals surface area contributed by atoms with E-state index in [9.17, 15) is 13.2 Å². The van der Waals surface area contributed by atoms with E-state index in [1.165, 1.54) is 12.1 Å². The van der Waals surface area contributed by atoms with Crippen molar-refractivity contribution in [1.82, 2.24) is 4.98 Å². The van der Waals surface area contributed by atoms with E-state index in [1.54, 1.807) is 6.92 Å². The lowest BCUT2D eigenvalue weighted by Gasteiger charge is -2.09. The summed E-state index contributed by atoms with van der Waals surface area (Å²) in [5.74, 6) is 0. The predicted molar refractivity (Wildman–Crippen MR) is 70.6 cm³/mol. The molecule has 0 aliphatic carbocycles. The molecule has 1 atom stereocenters. The summed E-state index contributed by atoms with van der Waals surface area (Å²) in [7, 11) is 0. The molecule has 1 unspecified atom stereocenters. The number of rotatable bonds is 1. The van der Waals surface area contributed by atoms with Gasteiger partial charge in [-0.2, -0.15) is 25.8 Å². The van der Waals surface area contributed by atoms with E-state index in [1.807, 2.05) is 0 Å². The number of halogens is 3. The molecule has 0 fully saturated rings. The molecule has 2 nitrogen and oxygen atoms in total. The van der Waals surface area contributed by atoms with Crippen LogP contribution in [0.2, 0.25) is 0 Å². The highest BCUT2D eigenvalue weighted by Crippen LogP contribution is 2.27. The summed E-state index contributed by atoms with van der Waals surface area (Å²) in [5, 5.41) is 0. The first kappa shape index (κ1) is 17.2. The maximum absolute atomic E-state index is 12.1. The second-order valence-corrected chi connectivity index (χ2v) is 6.25. The van der Waals surface area contributed by atoms with E-state index in [0.717, 1.165) is 6.07 Å². The molecule has 0 bridgehead atoms. The molecule has 0 aliphatic heterocycles. The van der Waals surface area contributed by atoms with Crippen LogP contribution >= 0.6 is 12.6 Å². The van der Waals surface area contributed by atoms with Gasteiger partial charge >= 0.3 is 6.18 Å². The van der Waals surface area contributed by atoms with Crippen molar-refractivity contribution in [3.8, 4) is 0 Å². The quantitative estimate of drug-likeness (QED) is 0.767. The topological polar surface area (TPSA) is 38.9 Å². The van der Waals surface area contributed by atoms with Crippen molar-refractivity contribution in [3.05, 3.63) is 29.6 Å². The fourth-order valence-corrected chi connectivity index (χ4v) is 0.863. The molecule has 104 valence electrons. The van der Waals surface area contributed by atoms with Gasteiger partial charge < -0.3 is 5.73 Å². The highest BCUT2D eigenvalue weighted by atomic mass is 32.1. The lowest BCUT2D eigenvalue weighted by molar-refractivity contribution is -0.141. The number of alkyl halides is 3. The second-order valence-electron chi connectivity index (χ2n) is 4.90. The van der Waals surface area contributed by atoms with Crippen LogP contribution in [0.1, 0.15) is 45.1 Å². The molecule has 6 heteroatoms. The number of pyridine rings is 1. The monoisotopic (exact) mass is 280 g/mol. The molecule has 0 amide bonds. The number of nitrogens with two attached hydrogens (primary N) is 1. The molecule has 0 aliphatic rings. The van der Waals surface area contributed by atoms with Gasteiger partial charge in [0.15, 0.2) is 0 Å². The Morgan fingerprint density at radius 3 is 2.00 bits per heavy atom. The van der Waals surface area contributed by atoms with Gasteiger partial charge in [0.05, 0.1) is 5.69 Å². The number of hydrogen-bond acceptors (Lipinski definition) is 3. The lowest BCUT2D eigenvalue weighted by Crippen LogP contribution is -2.13. The number of nitrogens with zero attached hydrogens (tertiary/aromatic N) is 1. The van der Waals surface area contributed by atoms with Crippen LogP contribution in [0.5, 0.6) is 0 Å². The van der Waals surface area contributed by atoms with Gasteiger partial charge in [0.1, 0.15) is 5.69 Å². The van der Waals surface area contributed by atoms with Crippen molar-refractivity contribution < 1.29 is 13.2 Å². The van der Waals surface area contributed by atoms with E-state index in [0.29, 0.717) is 0 Å². The molecule has 0 saturated heterocycles. The summed E-state index contributed by atoms with van der Waals surface area (Å²) in [6, 6.07) is 3.21. The summed E-state index contributed by atoms with van der Waals surface area (Å²) in [4.78, 5) is 3.39. The summed E-state index contributed by atoms with van der Waals surface area (Å²) in [5.41, 5.74) is 4.74. The second kappa shape index (κ2) is 6.43. The highest BCUT2D eigenvalue weighted by Gasteiger charge is 2.32. The van der Waals surface area contributed by atoms with Crippen LogP contribution < -0.4 is 5.73 Å². The molecule has 1 aromatic heterocycles. The first-order valence-corrected chi connectivity index (χ1v) is 5.88. The molecule has 18 heavy (non-hydrogen) atoms.